The van der Waals surface area contributed by atoms with Crippen LogP contribution in [0, 0.1) is 18.3 Å². The molecule has 1 aliphatic heterocycles. The minimum absolute atomic E-state index is 0.253. The molecule has 1 aliphatic rings. The van der Waals surface area contributed by atoms with Gasteiger partial charge in [-0.2, -0.15) is 5.26 Å². The van der Waals surface area contributed by atoms with Crippen LogP contribution in [-0.2, 0) is 22.6 Å². The van der Waals surface area contributed by atoms with Crippen LogP contribution in [0.3, 0.4) is 0 Å². The molecule has 5 heteroatoms. The molecule has 1 fully saturated rings. The number of rotatable bonds is 7. The zero-order chi connectivity index (χ0) is 17.5. The van der Waals surface area contributed by atoms with Crippen LogP contribution in [0.15, 0.2) is 36.5 Å². The van der Waals surface area contributed by atoms with Crippen LogP contribution in [0.25, 0.3) is 0 Å². The Bertz CT molecular complexity index is 749. The van der Waals surface area contributed by atoms with E-state index in [1.165, 1.54) is 0 Å². The van der Waals surface area contributed by atoms with Crippen molar-refractivity contribution in [3.63, 3.8) is 0 Å². The van der Waals surface area contributed by atoms with Crippen LogP contribution in [0.4, 0.5) is 5.69 Å². The summed E-state index contributed by atoms with van der Waals surface area (Å²) in [6.45, 7) is 4.71. The first kappa shape index (κ1) is 17.4. The molecule has 1 saturated heterocycles. The Balaban J connectivity index is 1.56. The molecule has 130 valence electrons. The number of pyridine rings is 1. The predicted molar refractivity (Wildman–Crippen MR) is 96.1 cm³/mol. The number of nitrogens with one attached hydrogen (secondary N) is 1. The van der Waals surface area contributed by atoms with Gasteiger partial charge in [0, 0.05) is 19.3 Å². The van der Waals surface area contributed by atoms with E-state index < -0.39 is 0 Å². The van der Waals surface area contributed by atoms with Crippen molar-refractivity contribution in [3.05, 3.63) is 58.9 Å². The topological polar surface area (TPSA) is 67.2 Å². The molecule has 0 amide bonds. The van der Waals surface area contributed by atoms with Crippen LogP contribution >= 0.6 is 0 Å². The van der Waals surface area contributed by atoms with Crippen molar-refractivity contribution >= 4 is 5.69 Å². The van der Waals surface area contributed by atoms with E-state index in [4.69, 9.17) is 9.47 Å². The number of aromatic nitrogens is 1. The van der Waals surface area contributed by atoms with E-state index in [9.17, 15) is 5.26 Å². The summed E-state index contributed by atoms with van der Waals surface area (Å²) in [6.07, 6.45) is 4.14. The van der Waals surface area contributed by atoms with Gasteiger partial charge in [0.15, 0.2) is 5.69 Å². The lowest BCUT2D eigenvalue weighted by molar-refractivity contribution is 0.0106. The van der Waals surface area contributed by atoms with E-state index in [1.54, 1.807) is 6.20 Å². The summed E-state index contributed by atoms with van der Waals surface area (Å²) in [5, 5.41) is 12.5. The van der Waals surface area contributed by atoms with Gasteiger partial charge in [-0.25, -0.2) is 4.98 Å². The van der Waals surface area contributed by atoms with Gasteiger partial charge in [-0.15, -0.1) is 0 Å². The van der Waals surface area contributed by atoms with E-state index in [-0.39, 0.29) is 6.10 Å². The largest absolute Gasteiger partial charge is 0.378 e. The molecular weight excluding hydrogens is 314 g/mol. The van der Waals surface area contributed by atoms with Crippen molar-refractivity contribution in [1.29, 1.82) is 5.26 Å². The van der Waals surface area contributed by atoms with Gasteiger partial charge in [-0.3, -0.25) is 0 Å². The van der Waals surface area contributed by atoms with Gasteiger partial charge in [-0.1, -0.05) is 24.3 Å². The van der Waals surface area contributed by atoms with Gasteiger partial charge >= 0.3 is 0 Å². The van der Waals surface area contributed by atoms with Crippen molar-refractivity contribution in [2.75, 3.05) is 18.5 Å². The molecule has 2 heterocycles. The minimum atomic E-state index is 0.253. The molecule has 1 unspecified atom stereocenters. The van der Waals surface area contributed by atoms with Crippen LogP contribution in [0.5, 0.6) is 0 Å². The Morgan fingerprint density at radius 1 is 1.36 bits per heavy atom. The summed E-state index contributed by atoms with van der Waals surface area (Å²) in [5.74, 6) is 0. The maximum Gasteiger partial charge on any atom is 0.163 e. The SMILES string of the molecule is Cc1ccnc(C#N)c1NCc1cccc(COCC2CCCO2)c1. The molecule has 1 aromatic carbocycles. The number of hydrogen-bond acceptors (Lipinski definition) is 5. The monoisotopic (exact) mass is 337 g/mol. The van der Waals surface area contributed by atoms with E-state index in [0.717, 1.165) is 41.8 Å². The van der Waals surface area contributed by atoms with E-state index in [0.29, 0.717) is 25.5 Å². The first-order chi connectivity index (χ1) is 12.3. The normalized spacial score (nSPS) is 16.6. The lowest BCUT2D eigenvalue weighted by atomic mass is 10.1. The molecule has 25 heavy (non-hydrogen) atoms. The van der Waals surface area contributed by atoms with Gasteiger partial charge in [-0.05, 0) is 42.5 Å². The molecule has 1 aromatic heterocycles. The second kappa shape index (κ2) is 8.61. The summed E-state index contributed by atoms with van der Waals surface area (Å²) in [6, 6.07) is 12.3. The Kier molecular flexibility index (Phi) is 5.99. The fourth-order valence-electron chi connectivity index (χ4n) is 2.97. The average molecular weight is 337 g/mol. The number of nitriles is 1. The molecule has 0 aliphatic carbocycles. The predicted octanol–water partition coefficient (Wildman–Crippen LogP) is 3.57. The standard InChI is InChI=1S/C20H23N3O2/c1-15-7-8-22-19(11-21)20(15)23-12-16-4-2-5-17(10-16)13-24-14-18-6-3-9-25-18/h2,4-5,7-8,10,18,23H,3,6,9,12-14H2,1H3. The Morgan fingerprint density at radius 2 is 2.24 bits per heavy atom. The van der Waals surface area contributed by atoms with Crippen LogP contribution in [0.1, 0.15) is 35.2 Å². The zero-order valence-electron chi connectivity index (χ0n) is 14.5. The summed E-state index contributed by atoms with van der Waals surface area (Å²) in [7, 11) is 0. The number of anilines is 1. The number of benzene rings is 1. The van der Waals surface area contributed by atoms with E-state index >= 15 is 0 Å². The summed E-state index contributed by atoms with van der Waals surface area (Å²) < 4.78 is 11.3. The van der Waals surface area contributed by atoms with E-state index in [2.05, 4.69) is 34.6 Å². The van der Waals surface area contributed by atoms with Crippen LogP contribution in [-0.4, -0.2) is 24.3 Å². The molecule has 1 N–H and O–H groups in total. The maximum atomic E-state index is 9.19. The van der Waals surface area contributed by atoms with Crippen LogP contribution < -0.4 is 5.32 Å². The minimum Gasteiger partial charge on any atom is -0.378 e. The first-order valence-corrected chi connectivity index (χ1v) is 8.63. The number of hydrogen-bond donors (Lipinski definition) is 1. The third-order valence-electron chi connectivity index (χ3n) is 4.32. The molecule has 0 saturated carbocycles. The highest BCUT2D eigenvalue weighted by Gasteiger charge is 2.15. The van der Waals surface area contributed by atoms with Crippen molar-refractivity contribution < 1.29 is 9.47 Å². The van der Waals surface area contributed by atoms with Gasteiger partial charge in [0.1, 0.15) is 6.07 Å². The highest BCUT2D eigenvalue weighted by Crippen LogP contribution is 2.19. The molecule has 0 radical (unpaired) electrons. The number of aryl methyl sites for hydroxylation is 1. The van der Waals surface area contributed by atoms with Crippen molar-refractivity contribution in [3.8, 4) is 6.07 Å². The van der Waals surface area contributed by atoms with Gasteiger partial charge in [0.2, 0.25) is 0 Å². The molecule has 3 rings (SSSR count). The van der Waals surface area contributed by atoms with Gasteiger partial charge in [0.05, 0.1) is 25.0 Å². The highest BCUT2D eigenvalue weighted by molar-refractivity contribution is 5.59. The summed E-state index contributed by atoms with van der Waals surface area (Å²) in [4.78, 5) is 4.11. The summed E-state index contributed by atoms with van der Waals surface area (Å²) >= 11 is 0. The van der Waals surface area contributed by atoms with Gasteiger partial charge in [0.25, 0.3) is 0 Å². The smallest absolute Gasteiger partial charge is 0.163 e. The number of ether oxygens (including phenoxy) is 2. The Hall–Kier alpha value is -2.42. The lowest BCUT2D eigenvalue weighted by Crippen LogP contribution is -2.13. The molecular formula is C20H23N3O2. The average Bonchev–Trinajstić information content (AvgIpc) is 3.14. The van der Waals surface area contributed by atoms with Crippen molar-refractivity contribution in [2.24, 2.45) is 0 Å². The molecule has 1 atom stereocenters. The second-order valence-corrected chi connectivity index (χ2v) is 6.29. The fraction of sp³-hybridized carbons (Fsp3) is 0.400. The third-order valence-corrected chi connectivity index (χ3v) is 4.32. The third kappa shape index (κ3) is 4.79. The number of nitrogens with zero attached hydrogens (tertiary/aromatic N) is 2. The Labute approximate surface area is 148 Å². The van der Waals surface area contributed by atoms with E-state index in [1.807, 2.05) is 19.1 Å². The maximum absolute atomic E-state index is 9.19. The zero-order valence-corrected chi connectivity index (χ0v) is 14.5. The fourth-order valence-corrected chi connectivity index (χ4v) is 2.97. The molecule has 2 aromatic rings. The highest BCUT2D eigenvalue weighted by atomic mass is 16.5. The van der Waals surface area contributed by atoms with Crippen molar-refractivity contribution in [2.45, 2.75) is 39.0 Å². The van der Waals surface area contributed by atoms with Crippen molar-refractivity contribution in [1.82, 2.24) is 4.98 Å². The lowest BCUT2D eigenvalue weighted by Gasteiger charge is -2.12. The first-order valence-electron chi connectivity index (χ1n) is 8.63. The Morgan fingerprint density at radius 3 is 3.04 bits per heavy atom. The molecule has 5 nitrogen and oxygen atoms in total. The molecule has 0 spiro atoms. The second-order valence-electron chi connectivity index (χ2n) is 6.29. The summed E-state index contributed by atoms with van der Waals surface area (Å²) in [5.41, 5.74) is 4.52. The van der Waals surface area contributed by atoms with Gasteiger partial charge < -0.3 is 14.8 Å². The quantitative estimate of drug-likeness (QED) is 0.836. The molecule has 0 bridgehead atoms. The van der Waals surface area contributed by atoms with Crippen LogP contribution in [0.2, 0.25) is 0 Å².